The predicted molar refractivity (Wildman–Crippen MR) is 134 cm³/mol. The lowest BCUT2D eigenvalue weighted by atomic mass is 9.83. The molecule has 3 atom stereocenters. The lowest BCUT2D eigenvalue weighted by Gasteiger charge is -2.30. The van der Waals surface area contributed by atoms with Crippen LogP contribution in [0.3, 0.4) is 0 Å². The molecule has 3 aromatic rings. The summed E-state index contributed by atoms with van der Waals surface area (Å²) in [6.07, 6.45) is 5.77. The molecular formula is C29H32ClNO. The first-order valence-corrected chi connectivity index (χ1v) is 12.2. The highest BCUT2D eigenvalue weighted by Crippen LogP contribution is 2.64. The van der Waals surface area contributed by atoms with Crippen molar-refractivity contribution in [2.24, 2.45) is 11.3 Å². The molecule has 3 aromatic carbocycles. The van der Waals surface area contributed by atoms with Crippen LogP contribution in [0.4, 0.5) is 0 Å². The molecule has 1 aliphatic rings. The van der Waals surface area contributed by atoms with Crippen LogP contribution >= 0.6 is 11.6 Å². The van der Waals surface area contributed by atoms with E-state index in [0.717, 1.165) is 29.5 Å². The first kappa shape index (κ1) is 22.6. The van der Waals surface area contributed by atoms with E-state index in [1.165, 1.54) is 19.3 Å². The molecule has 1 unspecified atom stereocenters. The molecule has 2 nitrogen and oxygen atoms in total. The number of benzene rings is 3. The van der Waals surface area contributed by atoms with E-state index in [-0.39, 0.29) is 17.4 Å². The van der Waals surface area contributed by atoms with Crippen LogP contribution < -0.4 is 5.32 Å². The van der Waals surface area contributed by atoms with Crippen LogP contribution in [0.2, 0.25) is 5.02 Å². The predicted octanol–water partition coefficient (Wildman–Crippen LogP) is 8.08. The Morgan fingerprint density at radius 3 is 2.34 bits per heavy atom. The van der Waals surface area contributed by atoms with Crippen molar-refractivity contribution >= 4 is 17.5 Å². The molecule has 0 heterocycles. The van der Waals surface area contributed by atoms with Crippen LogP contribution in [0.15, 0.2) is 78.9 Å². The first-order valence-electron chi connectivity index (χ1n) is 11.8. The number of hydrogen-bond acceptors (Lipinski definition) is 1. The van der Waals surface area contributed by atoms with Crippen LogP contribution in [0.5, 0.6) is 0 Å². The zero-order valence-electron chi connectivity index (χ0n) is 19.0. The molecule has 32 heavy (non-hydrogen) atoms. The van der Waals surface area contributed by atoms with Crippen molar-refractivity contribution in [2.75, 3.05) is 0 Å². The quantitative estimate of drug-likeness (QED) is 0.354. The molecule has 4 rings (SSSR count). The van der Waals surface area contributed by atoms with Gasteiger partial charge in [0.1, 0.15) is 0 Å². The van der Waals surface area contributed by atoms with Gasteiger partial charge in [-0.2, -0.15) is 0 Å². The van der Waals surface area contributed by atoms with Gasteiger partial charge in [-0.05, 0) is 65.1 Å². The maximum Gasteiger partial charge on any atom is 0.251 e. The van der Waals surface area contributed by atoms with Gasteiger partial charge in [-0.1, -0.05) is 99.3 Å². The number of carbonyl (C=O) groups excluding carboxylic acids is 1. The van der Waals surface area contributed by atoms with E-state index in [0.29, 0.717) is 16.5 Å². The normalized spacial score (nSPS) is 20.5. The Morgan fingerprint density at radius 1 is 0.969 bits per heavy atom. The average Bonchev–Trinajstić information content (AvgIpc) is 3.51. The average molecular weight is 446 g/mol. The Balaban J connectivity index is 1.60. The molecule has 1 N–H and O–H groups in total. The largest absolute Gasteiger partial charge is 0.345 e. The zero-order chi connectivity index (χ0) is 22.6. The Labute approximate surface area is 197 Å². The number of hydrogen-bond donors (Lipinski definition) is 1. The maximum absolute atomic E-state index is 13.4. The Morgan fingerprint density at radius 2 is 1.69 bits per heavy atom. The molecule has 0 saturated heterocycles. The summed E-state index contributed by atoms with van der Waals surface area (Å²) in [5.74, 6) is 0.629. The Hall–Kier alpha value is -2.58. The maximum atomic E-state index is 13.4. The van der Waals surface area contributed by atoms with Gasteiger partial charge in [-0.3, -0.25) is 4.79 Å². The molecule has 3 heteroatoms. The zero-order valence-corrected chi connectivity index (χ0v) is 19.7. The second-order valence-corrected chi connectivity index (χ2v) is 9.51. The third kappa shape index (κ3) is 4.76. The monoisotopic (exact) mass is 445 g/mol. The van der Waals surface area contributed by atoms with Crippen molar-refractivity contribution in [2.45, 2.75) is 52.0 Å². The van der Waals surface area contributed by atoms with Gasteiger partial charge < -0.3 is 5.32 Å². The van der Waals surface area contributed by atoms with Crippen molar-refractivity contribution < 1.29 is 4.79 Å². The molecule has 1 fully saturated rings. The number of rotatable bonds is 9. The molecule has 1 amide bonds. The SMILES string of the molecule is CCC[C@@H]1C[C@@]1(CCC)C(NC(=O)c1ccc(-c2ccccc2)cc1)c1cccc(Cl)c1. The van der Waals surface area contributed by atoms with E-state index >= 15 is 0 Å². The fourth-order valence-corrected chi connectivity index (χ4v) is 5.51. The second-order valence-electron chi connectivity index (χ2n) is 9.08. The highest BCUT2D eigenvalue weighted by molar-refractivity contribution is 6.30. The van der Waals surface area contributed by atoms with Crippen molar-refractivity contribution in [3.8, 4) is 11.1 Å². The summed E-state index contributed by atoms with van der Waals surface area (Å²) in [4.78, 5) is 13.4. The van der Waals surface area contributed by atoms with E-state index in [2.05, 4.69) is 37.4 Å². The van der Waals surface area contributed by atoms with Gasteiger partial charge in [-0.25, -0.2) is 0 Å². The van der Waals surface area contributed by atoms with Gasteiger partial charge in [0.15, 0.2) is 0 Å². The molecule has 0 aromatic heterocycles. The number of carbonyl (C=O) groups is 1. The van der Waals surface area contributed by atoms with Crippen LogP contribution in [0.1, 0.15) is 67.9 Å². The lowest BCUT2D eigenvalue weighted by molar-refractivity contribution is 0.0908. The number of nitrogens with one attached hydrogen (secondary N) is 1. The van der Waals surface area contributed by atoms with Crippen molar-refractivity contribution in [1.29, 1.82) is 0 Å². The number of halogens is 1. The van der Waals surface area contributed by atoms with Crippen molar-refractivity contribution in [3.63, 3.8) is 0 Å². The minimum absolute atomic E-state index is 0.0211. The van der Waals surface area contributed by atoms with E-state index in [9.17, 15) is 4.79 Å². The lowest BCUT2D eigenvalue weighted by Crippen LogP contribution is -2.35. The van der Waals surface area contributed by atoms with Gasteiger partial charge in [0.05, 0.1) is 6.04 Å². The molecule has 0 aliphatic heterocycles. The van der Waals surface area contributed by atoms with E-state index in [1.807, 2.05) is 60.7 Å². The topological polar surface area (TPSA) is 29.1 Å². The standard InChI is InChI=1S/C29H32ClNO/c1-3-9-25-20-29(25,18-4-2)27(24-12-8-13-26(30)19-24)31-28(32)23-16-14-22(15-17-23)21-10-6-5-7-11-21/h5-8,10-17,19,25,27H,3-4,9,18,20H2,1-2H3,(H,31,32)/t25-,27?,29-/m1/s1. The fourth-order valence-electron chi connectivity index (χ4n) is 5.31. The second kappa shape index (κ2) is 9.92. The van der Waals surface area contributed by atoms with Gasteiger partial charge in [0.2, 0.25) is 0 Å². The fraction of sp³-hybridized carbons (Fsp3) is 0.345. The van der Waals surface area contributed by atoms with Gasteiger partial charge >= 0.3 is 0 Å². The van der Waals surface area contributed by atoms with Crippen LogP contribution in [-0.4, -0.2) is 5.91 Å². The number of amides is 1. The van der Waals surface area contributed by atoms with Gasteiger partial charge in [0.25, 0.3) is 5.91 Å². The van der Waals surface area contributed by atoms with Crippen LogP contribution in [0, 0.1) is 11.3 Å². The summed E-state index contributed by atoms with van der Waals surface area (Å²) in [5, 5.41) is 4.13. The third-order valence-electron chi connectivity index (χ3n) is 6.92. The van der Waals surface area contributed by atoms with E-state index < -0.39 is 0 Å². The molecule has 1 saturated carbocycles. The summed E-state index contributed by atoms with van der Waals surface area (Å²) < 4.78 is 0. The molecule has 0 radical (unpaired) electrons. The van der Waals surface area contributed by atoms with Crippen molar-refractivity contribution in [1.82, 2.24) is 5.32 Å². The smallest absolute Gasteiger partial charge is 0.251 e. The van der Waals surface area contributed by atoms with E-state index in [1.54, 1.807) is 0 Å². The van der Waals surface area contributed by atoms with Gasteiger partial charge in [0, 0.05) is 10.6 Å². The molecule has 0 spiro atoms. The molecule has 166 valence electrons. The first-order chi connectivity index (χ1) is 15.6. The minimum Gasteiger partial charge on any atom is -0.345 e. The molecule has 1 aliphatic carbocycles. The highest BCUT2D eigenvalue weighted by Gasteiger charge is 2.58. The highest BCUT2D eigenvalue weighted by atomic mass is 35.5. The van der Waals surface area contributed by atoms with Crippen LogP contribution in [0.25, 0.3) is 11.1 Å². The Bertz CT molecular complexity index is 1050. The summed E-state index contributed by atoms with van der Waals surface area (Å²) in [7, 11) is 0. The van der Waals surface area contributed by atoms with Crippen LogP contribution in [-0.2, 0) is 0 Å². The van der Waals surface area contributed by atoms with Gasteiger partial charge in [-0.15, -0.1) is 0 Å². The van der Waals surface area contributed by atoms with Crippen molar-refractivity contribution in [3.05, 3.63) is 95.0 Å². The third-order valence-corrected chi connectivity index (χ3v) is 7.15. The van der Waals surface area contributed by atoms with E-state index in [4.69, 9.17) is 11.6 Å². The summed E-state index contributed by atoms with van der Waals surface area (Å²) in [6, 6.07) is 26.1. The summed E-state index contributed by atoms with van der Waals surface area (Å²) in [5.41, 5.74) is 4.18. The summed E-state index contributed by atoms with van der Waals surface area (Å²) in [6.45, 7) is 4.48. The Kier molecular flexibility index (Phi) is 7.01. The summed E-state index contributed by atoms with van der Waals surface area (Å²) >= 11 is 6.35. The molecular weight excluding hydrogens is 414 g/mol. The minimum atomic E-state index is -0.0287. The molecule has 0 bridgehead atoms.